The predicted molar refractivity (Wildman–Crippen MR) is 119 cm³/mol. The topological polar surface area (TPSA) is 88.2 Å². The van der Waals surface area contributed by atoms with Gasteiger partial charge in [-0.15, -0.1) is 0 Å². The molecule has 0 bridgehead atoms. The predicted octanol–water partition coefficient (Wildman–Crippen LogP) is 2.35. The Labute approximate surface area is 183 Å². The summed E-state index contributed by atoms with van der Waals surface area (Å²) < 4.78 is 37.4. The molecule has 9 heteroatoms. The van der Waals surface area contributed by atoms with Crippen LogP contribution in [-0.4, -0.2) is 70.5 Å². The molecule has 0 radical (unpaired) electrons. The lowest BCUT2D eigenvalue weighted by Gasteiger charge is -2.26. The molecule has 168 valence electrons. The van der Waals surface area contributed by atoms with E-state index in [0.717, 1.165) is 11.3 Å². The van der Waals surface area contributed by atoms with Gasteiger partial charge in [0, 0.05) is 30.4 Å². The Kier molecular flexibility index (Phi) is 7.66. The van der Waals surface area contributed by atoms with E-state index < -0.39 is 10.0 Å². The molecular formula is C22H29N3O5S. The molecule has 0 aromatic heterocycles. The van der Waals surface area contributed by atoms with Crippen LogP contribution in [0.2, 0.25) is 0 Å². The van der Waals surface area contributed by atoms with Gasteiger partial charge in [-0.1, -0.05) is 18.2 Å². The van der Waals surface area contributed by atoms with Crippen molar-refractivity contribution in [1.29, 1.82) is 0 Å². The van der Waals surface area contributed by atoms with Gasteiger partial charge in [-0.2, -0.15) is 4.31 Å². The number of hydrogen-bond donors (Lipinski definition) is 1. The van der Waals surface area contributed by atoms with Crippen molar-refractivity contribution in [3.05, 3.63) is 54.1 Å². The monoisotopic (exact) mass is 447 g/mol. The number of nitrogens with one attached hydrogen (secondary N) is 1. The number of carbonyl (C=O) groups is 1. The zero-order chi connectivity index (χ0) is 22.4. The first-order chi connectivity index (χ1) is 14.8. The number of carbonyl (C=O) groups excluding carboxylic acids is 1. The first-order valence-corrected chi connectivity index (χ1v) is 11.6. The average molecular weight is 448 g/mol. The summed E-state index contributed by atoms with van der Waals surface area (Å²) in [7, 11) is -0.0583. The highest BCUT2D eigenvalue weighted by atomic mass is 32.2. The van der Waals surface area contributed by atoms with Crippen molar-refractivity contribution in [2.45, 2.75) is 17.9 Å². The molecule has 1 atom stereocenters. The molecule has 0 spiro atoms. The van der Waals surface area contributed by atoms with Crippen molar-refractivity contribution in [2.75, 3.05) is 52.3 Å². The van der Waals surface area contributed by atoms with Crippen molar-refractivity contribution in [1.82, 2.24) is 9.21 Å². The molecule has 1 heterocycles. The van der Waals surface area contributed by atoms with Gasteiger partial charge in [-0.25, -0.2) is 8.42 Å². The number of likely N-dealkylation sites (N-methyl/N-ethyl adjacent to an activating group) is 1. The van der Waals surface area contributed by atoms with E-state index in [0.29, 0.717) is 32.0 Å². The summed E-state index contributed by atoms with van der Waals surface area (Å²) in [5.41, 5.74) is 1.54. The number of amides is 1. The molecule has 1 unspecified atom stereocenters. The van der Waals surface area contributed by atoms with Crippen molar-refractivity contribution in [3.63, 3.8) is 0 Å². The van der Waals surface area contributed by atoms with E-state index >= 15 is 0 Å². The van der Waals surface area contributed by atoms with Gasteiger partial charge in [0.1, 0.15) is 5.75 Å². The SMILES string of the molecule is COc1ccccc1C(C)N(C)CC(=O)Nc1ccc(S(=O)(=O)N2CCOCC2)cc1. The Balaban J connectivity index is 1.60. The maximum absolute atomic E-state index is 12.7. The van der Waals surface area contributed by atoms with Crippen LogP contribution in [0.25, 0.3) is 0 Å². The average Bonchev–Trinajstić information content (AvgIpc) is 2.79. The van der Waals surface area contributed by atoms with E-state index in [1.807, 2.05) is 43.1 Å². The second-order valence-corrected chi connectivity index (χ2v) is 9.36. The number of methoxy groups -OCH3 is 1. The van der Waals surface area contributed by atoms with Crippen molar-refractivity contribution >= 4 is 21.6 Å². The number of benzene rings is 2. The number of rotatable bonds is 8. The number of para-hydroxylation sites is 1. The summed E-state index contributed by atoms with van der Waals surface area (Å²) in [5, 5.41) is 2.83. The molecule has 3 rings (SSSR count). The molecule has 1 amide bonds. The summed E-state index contributed by atoms with van der Waals surface area (Å²) in [6, 6.07) is 13.9. The van der Waals surface area contributed by atoms with Gasteiger partial charge < -0.3 is 14.8 Å². The highest BCUT2D eigenvalue weighted by Crippen LogP contribution is 2.28. The Morgan fingerprint density at radius 1 is 1.16 bits per heavy atom. The number of anilines is 1. The highest BCUT2D eigenvalue weighted by molar-refractivity contribution is 7.89. The van der Waals surface area contributed by atoms with E-state index in [1.165, 1.54) is 16.4 Å². The highest BCUT2D eigenvalue weighted by Gasteiger charge is 2.26. The van der Waals surface area contributed by atoms with Gasteiger partial charge >= 0.3 is 0 Å². The Morgan fingerprint density at radius 2 is 1.81 bits per heavy atom. The Morgan fingerprint density at radius 3 is 2.45 bits per heavy atom. The second-order valence-electron chi connectivity index (χ2n) is 7.42. The third-order valence-electron chi connectivity index (χ3n) is 5.39. The van der Waals surface area contributed by atoms with Crippen LogP contribution >= 0.6 is 0 Å². The van der Waals surface area contributed by atoms with Crippen molar-refractivity contribution < 1.29 is 22.7 Å². The molecule has 8 nitrogen and oxygen atoms in total. The minimum atomic E-state index is -3.55. The summed E-state index contributed by atoms with van der Waals surface area (Å²) in [4.78, 5) is 14.6. The molecule has 0 saturated carbocycles. The number of ether oxygens (including phenoxy) is 2. The number of nitrogens with zero attached hydrogens (tertiary/aromatic N) is 2. The fourth-order valence-corrected chi connectivity index (χ4v) is 4.87. The zero-order valence-electron chi connectivity index (χ0n) is 18.1. The van der Waals surface area contributed by atoms with Crippen LogP contribution < -0.4 is 10.1 Å². The van der Waals surface area contributed by atoms with Crippen LogP contribution in [0.4, 0.5) is 5.69 Å². The largest absolute Gasteiger partial charge is 0.496 e. The minimum absolute atomic E-state index is 0.0251. The van der Waals surface area contributed by atoms with Crippen molar-refractivity contribution in [3.8, 4) is 5.75 Å². The summed E-state index contributed by atoms with van der Waals surface area (Å²) >= 11 is 0. The molecule has 0 aliphatic carbocycles. The quantitative estimate of drug-likeness (QED) is 0.668. The van der Waals surface area contributed by atoms with Crippen LogP contribution in [0.15, 0.2) is 53.4 Å². The molecule has 2 aromatic rings. The van der Waals surface area contributed by atoms with Crippen LogP contribution in [0, 0.1) is 0 Å². The molecule has 1 aliphatic rings. The normalized spacial score (nSPS) is 16.1. The Bertz CT molecular complexity index is 988. The fourth-order valence-electron chi connectivity index (χ4n) is 3.46. The molecular weight excluding hydrogens is 418 g/mol. The van der Waals surface area contributed by atoms with Crippen molar-refractivity contribution in [2.24, 2.45) is 0 Å². The van der Waals surface area contributed by atoms with Gasteiger partial charge in [0.2, 0.25) is 15.9 Å². The molecule has 1 N–H and O–H groups in total. The molecule has 1 aliphatic heterocycles. The zero-order valence-corrected chi connectivity index (χ0v) is 18.9. The minimum Gasteiger partial charge on any atom is -0.496 e. The van der Waals surface area contributed by atoms with Gasteiger partial charge in [0.05, 0.1) is 31.8 Å². The van der Waals surface area contributed by atoms with Crippen LogP contribution in [-0.2, 0) is 19.6 Å². The second kappa shape index (κ2) is 10.2. The third kappa shape index (κ3) is 5.62. The van der Waals surface area contributed by atoms with E-state index in [2.05, 4.69) is 5.32 Å². The van der Waals surface area contributed by atoms with E-state index in [4.69, 9.17) is 9.47 Å². The van der Waals surface area contributed by atoms with Gasteiger partial charge in [-0.3, -0.25) is 9.69 Å². The maximum Gasteiger partial charge on any atom is 0.243 e. The summed E-state index contributed by atoms with van der Waals surface area (Å²) in [5.74, 6) is 0.590. The first-order valence-electron chi connectivity index (χ1n) is 10.1. The lowest BCUT2D eigenvalue weighted by atomic mass is 10.1. The lowest BCUT2D eigenvalue weighted by molar-refractivity contribution is -0.117. The van der Waals surface area contributed by atoms with Gasteiger partial charge in [0.15, 0.2) is 0 Å². The smallest absolute Gasteiger partial charge is 0.243 e. The van der Waals surface area contributed by atoms with E-state index in [1.54, 1.807) is 19.2 Å². The Hall–Kier alpha value is -2.46. The number of morpholine rings is 1. The molecule has 1 saturated heterocycles. The summed E-state index contributed by atoms with van der Waals surface area (Å²) in [6.07, 6.45) is 0. The van der Waals surface area contributed by atoms with E-state index in [9.17, 15) is 13.2 Å². The van der Waals surface area contributed by atoms with Crippen LogP contribution in [0.3, 0.4) is 0 Å². The lowest BCUT2D eigenvalue weighted by Crippen LogP contribution is -2.40. The van der Waals surface area contributed by atoms with Crippen LogP contribution in [0.1, 0.15) is 18.5 Å². The maximum atomic E-state index is 12.7. The van der Waals surface area contributed by atoms with Gasteiger partial charge in [0.25, 0.3) is 0 Å². The third-order valence-corrected chi connectivity index (χ3v) is 7.30. The molecule has 31 heavy (non-hydrogen) atoms. The molecule has 2 aromatic carbocycles. The van der Waals surface area contributed by atoms with Gasteiger partial charge in [-0.05, 0) is 44.3 Å². The van der Waals surface area contributed by atoms with E-state index in [-0.39, 0.29) is 23.4 Å². The summed E-state index contributed by atoms with van der Waals surface area (Å²) in [6.45, 7) is 3.67. The molecule has 1 fully saturated rings. The number of hydrogen-bond acceptors (Lipinski definition) is 6. The standard InChI is InChI=1S/C22H29N3O5S/c1-17(20-6-4-5-7-21(20)29-3)24(2)16-22(26)23-18-8-10-19(11-9-18)31(27,28)25-12-14-30-15-13-25/h4-11,17H,12-16H2,1-3H3,(H,23,26). The fraction of sp³-hybridized carbons (Fsp3) is 0.409. The van der Waals surface area contributed by atoms with Crippen LogP contribution in [0.5, 0.6) is 5.75 Å². The number of sulfonamides is 1. The first kappa shape index (κ1) is 23.2.